The quantitative estimate of drug-likeness (QED) is 0.812. The third-order valence-electron chi connectivity index (χ3n) is 3.05. The second kappa shape index (κ2) is 5.87. The molecule has 0 spiro atoms. The fourth-order valence-electron chi connectivity index (χ4n) is 2.24. The zero-order valence-corrected chi connectivity index (χ0v) is 10.5. The zero-order valence-electron chi connectivity index (χ0n) is 10.5. The van der Waals surface area contributed by atoms with Gasteiger partial charge in [-0.25, -0.2) is 0 Å². The lowest BCUT2D eigenvalue weighted by Crippen LogP contribution is -2.42. The van der Waals surface area contributed by atoms with E-state index in [0.29, 0.717) is 13.0 Å². The van der Waals surface area contributed by atoms with Crippen molar-refractivity contribution >= 4 is 0 Å². The molecule has 104 valence electrons. The average Bonchev–Trinajstić information content (AvgIpc) is 2.52. The molecule has 0 aliphatic carbocycles. The molecule has 0 aromatic rings. The smallest absolute Gasteiger partial charge is 0.392 e. The molecule has 0 aromatic carbocycles. The van der Waals surface area contributed by atoms with Crippen LogP contribution in [0.15, 0.2) is 0 Å². The molecule has 0 amide bonds. The Morgan fingerprint density at radius 3 is 2.56 bits per heavy atom. The monoisotopic (exact) mass is 265 g/mol. The van der Waals surface area contributed by atoms with E-state index in [4.69, 9.17) is 5.26 Å². The molecule has 1 saturated heterocycles. The number of likely N-dealkylation sites (N-methyl/N-ethyl adjacent to an activating group) is 1. The van der Waals surface area contributed by atoms with Crippen LogP contribution in [0.1, 0.15) is 6.42 Å². The Kier molecular flexibility index (Phi) is 4.96. The molecular formula is C11H18F3N3O. The van der Waals surface area contributed by atoms with Gasteiger partial charge in [0.05, 0.1) is 12.2 Å². The summed E-state index contributed by atoms with van der Waals surface area (Å²) in [4.78, 5) is 3.43. The third kappa shape index (κ3) is 4.12. The maximum absolute atomic E-state index is 12.5. The third-order valence-corrected chi connectivity index (χ3v) is 3.05. The number of alkyl halides is 3. The van der Waals surface area contributed by atoms with Crippen molar-refractivity contribution in [3.63, 3.8) is 0 Å². The van der Waals surface area contributed by atoms with Gasteiger partial charge in [0.25, 0.3) is 0 Å². The second-order valence-electron chi connectivity index (χ2n) is 4.98. The van der Waals surface area contributed by atoms with Crippen LogP contribution in [-0.4, -0.2) is 67.0 Å². The Hall–Kier alpha value is -0.840. The van der Waals surface area contributed by atoms with Crippen molar-refractivity contribution in [2.75, 3.05) is 33.7 Å². The van der Waals surface area contributed by atoms with Crippen LogP contribution in [0.25, 0.3) is 0 Å². The summed E-state index contributed by atoms with van der Waals surface area (Å²) in [5, 5.41) is 18.1. The van der Waals surface area contributed by atoms with Crippen molar-refractivity contribution in [3.05, 3.63) is 0 Å². The number of nitrogens with zero attached hydrogens (tertiary/aromatic N) is 3. The van der Waals surface area contributed by atoms with E-state index in [-0.39, 0.29) is 19.1 Å². The molecule has 4 nitrogen and oxygen atoms in total. The minimum atomic E-state index is -4.51. The molecule has 0 saturated carbocycles. The van der Waals surface area contributed by atoms with Crippen molar-refractivity contribution in [2.45, 2.75) is 24.7 Å². The number of rotatable bonds is 4. The van der Waals surface area contributed by atoms with Crippen molar-refractivity contribution in [1.82, 2.24) is 9.80 Å². The van der Waals surface area contributed by atoms with Gasteiger partial charge in [0.15, 0.2) is 5.92 Å². The van der Waals surface area contributed by atoms with Gasteiger partial charge in [0, 0.05) is 25.7 Å². The van der Waals surface area contributed by atoms with Gasteiger partial charge in [0.1, 0.15) is 0 Å². The van der Waals surface area contributed by atoms with Gasteiger partial charge in [0.2, 0.25) is 0 Å². The molecular weight excluding hydrogens is 247 g/mol. The Morgan fingerprint density at radius 1 is 1.50 bits per heavy atom. The number of hydrogen-bond acceptors (Lipinski definition) is 4. The predicted molar refractivity (Wildman–Crippen MR) is 59.7 cm³/mol. The summed E-state index contributed by atoms with van der Waals surface area (Å²) in [6, 6.07) is 1.16. The number of aliphatic hydroxyl groups excluding tert-OH is 1. The molecule has 1 aliphatic heterocycles. The lowest BCUT2D eigenvalue weighted by Gasteiger charge is -2.28. The molecule has 1 N–H and O–H groups in total. The number of aliphatic hydroxyl groups is 1. The fourth-order valence-corrected chi connectivity index (χ4v) is 2.24. The van der Waals surface area contributed by atoms with Gasteiger partial charge in [-0.05, 0) is 20.5 Å². The van der Waals surface area contributed by atoms with E-state index in [9.17, 15) is 18.3 Å². The van der Waals surface area contributed by atoms with Crippen LogP contribution in [0, 0.1) is 17.2 Å². The average molecular weight is 265 g/mol. The molecule has 1 heterocycles. The molecule has 0 radical (unpaired) electrons. The minimum Gasteiger partial charge on any atom is -0.392 e. The largest absolute Gasteiger partial charge is 0.405 e. The van der Waals surface area contributed by atoms with Crippen LogP contribution in [0.5, 0.6) is 0 Å². The Bertz CT molecular complexity index is 314. The van der Waals surface area contributed by atoms with Crippen LogP contribution in [0.3, 0.4) is 0 Å². The molecule has 1 rings (SSSR count). The molecule has 18 heavy (non-hydrogen) atoms. The summed E-state index contributed by atoms with van der Waals surface area (Å²) < 4.78 is 37.6. The van der Waals surface area contributed by atoms with Gasteiger partial charge >= 0.3 is 6.18 Å². The fraction of sp³-hybridized carbons (Fsp3) is 0.909. The van der Waals surface area contributed by atoms with E-state index < -0.39 is 18.2 Å². The summed E-state index contributed by atoms with van der Waals surface area (Å²) in [5.41, 5.74) is 0. The zero-order chi connectivity index (χ0) is 13.9. The Morgan fingerprint density at radius 2 is 2.11 bits per heavy atom. The highest BCUT2D eigenvalue weighted by Gasteiger charge is 2.43. The van der Waals surface area contributed by atoms with E-state index in [1.807, 2.05) is 19.0 Å². The second-order valence-corrected chi connectivity index (χ2v) is 4.98. The van der Waals surface area contributed by atoms with E-state index in [2.05, 4.69) is 0 Å². The lowest BCUT2D eigenvalue weighted by atomic mass is 10.1. The summed E-state index contributed by atoms with van der Waals surface area (Å²) in [6.45, 7) is 0.412. The summed E-state index contributed by atoms with van der Waals surface area (Å²) in [6.07, 6.45) is -4.67. The number of likely N-dealkylation sites (tertiary alicyclic amines) is 1. The molecule has 1 fully saturated rings. The van der Waals surface area contributed by atoms with Crippen molar-refractivity contribution in [3.8, 4) is 6.07 Å². The van der Waals surface area contributed by atoms with Gasteiger partial charge in [-0.2, -0.15) is 18.4 Å². The van der Waals surface area contributed by atoms with E-state index in [1.54, 1.807) is 4.90 Å². The maximum Gasteiger partial charge on any atom is 0.405 e. The first-order valence-electron chi connectivity index (χ1n) is 5.77. The van der Waals surface area contributed by atoms with Gasteiger partial charge < -0.3 is 10.0 Å². The Labute approximate surface area is 105 Å². The van der Waals surface area contributed by atoms with Crippen LogP contribution in [-0.2, 0) is 0 Å². The van der Waals surface area contributed by atoms with Gasteiger partial charge in [-0.15, -0.1) is 0 Å². The summed E-state index contributed by atoms with van der Waals surface area (Å²) >= 11 is 0. The van der Waals surface area contributed by atoms with Crippen molar-refractivity contribution in [1.29, 1.82) is 5.26 Å². The van der Waals surface area contributed by atoms with Crippen LogP contribution in [0.2, 0.25) is 0 Å². The minimum absolute atomic E-state index is 0.131. The standard InChI is InChI=1S/C11H18F3N3O/c1-16(2)6-9-3-10(18)7-17(9)5-8(4-15)11(12,13)14/h8-10,18H,3,5-7H2,1-2H3. The van der Waals surface area contributed by atoms with E-state index >= 15 is 0 Å². The molecule has 0 bridgehead atoms. The topological polar surface area (TPSA) is 50.5 Å². The molecule has 7 heteroatoms. The highest BCUT2D eigenvalue weighted by Crippen LogP contribution is 2.29. The number of nitriles is 1. The highest BCUT2D eigenvalue weighted by atomic mass is 19.4. The van der Waals surface area contributed by atoms with Crippen LogP contribution < -0.4 is 0 Å². The van der Waals surface area contributed by atoms with Gasteiger partial charge in [-0.1, -0.05) is 0 Å². The first-order valence-corrected chi connectivity index (χ1v) is 5.77. The van der Waals surface area contributed by atoms with Crippen molar-refractivity contribution in [2.24, 2.45) is 5.92 Å². The molecule has 3 unspecified atom stereocenters. The van der Waals surface area contributed by atoms with Crippen molar-refractivity contribution < 1.29 is 18.3 Å². The normalized spacial score (nSPS) is 27.4. The van der Waals surface area contributed by atoms with Crippen LogP contribution >= 0.6 is 0 Å². The molecule has 1 aliphatic rings. The van der Waals surface area contributed by atoms with Crippen LogP contribution in [0.4, 0.5) is 13.2 Å². The SMILES string of the molecule is CN(C)CC1CC(O)CN1CC(C#N)C(F)(F)F. The predicted octanol–water partition coefficient (Wildman–Crippen LogP) is 0.685. The molecule has 3 atom stereocenters. The lowest BCUT2D eigenvalue weighted by molar-refractivity contribution is -0.163. The van der Waals surface area contributed by atoms with E-state index in [0.717, 1.165) is 0 Å². The highest BCUT2D eigenvalue weighted by molar-refractivity contribution is 4.95. The molecule has 0 aromatic heterocycles. The summed E-state index contributed by atoms with van der Waals surface area (Å²) in [7, 11) is 3.66. The first kappa shape index (κ1) is 15.2. The number of halogens is 3. The Balaban J connectivity index is 2.66. The number of β-amino-alcohol motifs (C(OH)–C–C–N with tert-alkyl or cyclic N) is 1. The maximum atomic E-state index is 12.5. The van der Waals surface area contributed by atoms with Gasteiger partial charge in [-0.3, -0.25) is 4.90 Å². The number of hydrogen-bond donors (Lipinski definition) is 1. The summed E-state index contributed by atoms with van der Waals surface area (Å²) in [5.74, 6) is -1.99. The first-order chi connectivity index (χ1) is 8.24. The van der Waals surface area contributed by atoms with E-state index in [1.165, 1.54) is 6.07 Å².